The van der Waals surface area contributed by atoms with Crippen LogP contribution < -0.4 is 4.90 Å². The van der Waals surface area contributed by atoms with E-state index in [0.717, 1.165) is 44.1 Å². The van der Waals surface area contributed by atoms with Gasteiger partial charge in [-0.05, 0) is 30.2 Å². The maximum atomic E-state index is 13.2. The first-order valence-corrected chi connectivity index (χ1v) is 10.9. The Morgan fingerprint density at radius 2 is 1.81 bits per heavy atom. The van der Waals surface area contributed by atoms with Crippen molar-refractivity contribution in [2.45, 2.75) is 18.9 Å². The van der Waals surface area contributed by atoms with Crippen LogP contribution in [0.3, 0.4) is 0 Å². The monoisotopic (exact) mass is 436 g/mol. The molecule has 2 aliphatic rings. The van der Waals surface area contributed by atoms with E-state index in [1.54, 1.807) is 29.4 Å². The molecule has 1 amide bonds. The molecule has 32 heavy (non-hydrogen) atoms. The average molecular weight is 436 g/mol. The van der Waals surface area contributed by atoms with Crippen LogP contribution in [0, 0.1) is 5.82 Å². The number of rotatable bonds is 5. The van der Waals surface area contributed by atoms with E-state index in [4.69, 9.17) is 4.42 Å². The highest BCUT2D eigenvalue weighted by atomic mass is 19.1. The van der Waals surface area contributed by atoms with Crippen molar-refractivity contribution >= 4 is 11.9 Å². The summed E-state index contributed by atoms with van der Waals surface area (Å²) in [5.41, 5.74) is 1.40. The number of hydrogen-bond acceptors (Lipinski definition) is 7. The van der Waals surface area contributed by atoms with Crippen molar-refractivity contribution in [2.24, 2.45) is 0 Å². The zero-order valence-corrected chi connectivity index (χ0v) is 17.7. The van der Waals surface area contributed by atoms with Crippen LogP contribution in [0.4, 0.5) is 10.3 Å². The summed E-state index contributed by atoms with van der Waals surface area (Å²) >= 11 is 0. The highest BCUT2D eigenvalue weighted by Gasteiger charge is 2.30. The molecule has 1 aromatic carbocycles. The summed E-state index contributed by atoms with van der Waals surface area (Å²) in [7, 11) is 0. The molecule has 166 valence electrons. The van der Waals surface area contributed by atoms with E-state index in [2.05, 4.69) is 24.8 Å². The smallest absolute Gasteiger partial charge is 0.275 e. The van der Waals surface area contributed by atoms with Crippen molar-refractivity contribution in [1.82, 2.24) is 24.8 Å². The van der Waals surface area contributed by atoms with Gasteiger partial charge in [-0.2, -0.15) is 0 Å². The molecule has 0 spiro atoms. The summed E-state index contributed by atoms with van der Waals surface area (Å²) in [5, 5.41) is 0. The third-order valence-electron chi connectivity index (χ3n) is 6.15. The molecule has 0 saturated carbocycles. The largest absolute Gasteiger partial charge is 0.447 e. The van der Waals surface area contributed by atoms with Gasteiger partial charge in [0.15, 0.2) is 5.69 Å². The van der Waals surface area contributed by atoms with Gasteiger partial charge in [0.1, 0.15) is 12.1 Å². The van der Waals surface area contributed by atoms with E-state index in [1.807, 2.05) is 6.07 Å². The molecule has 0 N–H and O–H groups in total. The van der Waals surface area contributed by atoms with Crippen LogP contribution in [0.1, 0.15) is 34.3 Å². The number of oxazole rings is 1. The topological polar surface area (TPSA) is 78.6 Å². The third-order valence-corrected chi connectivity index (χ3v) is 6.15. The van der Waals surface area contributed by atoms with Gasteiger partial charge in [0.05, 0.1) is 6.54 Å². The minimum absolute atomic E-state index is 0.115. The van der Waals surface area contributed by atoms with E-state index in [0.29, 0.717) is 31.2 Å². The molecule has 1 atom stereocenters. The lowest BCUT2D eigenvalue weighted by atomic mass is 9.99. The molecule has 0 radical (unpaired) electrons. The maximum Gasteiger partial charge on any atom is 0.275 e. The fraction of sp³-hybridized carbons (Fsp3) is 0.391. The van der Waals surface area contributed by atoms with Crippen molar-refractivity contribution in [3.05, 3.63) is 72.0 Å². The Morgan fingerprint density at radius 3 is 2.56 bits per heavy atom. The number of carbonyl (C=O) groups is 1. The second-order valence-corrected chi connectivity index (χ2v) is 8.23. The summed E-state index contributed by atoms with van der Waals surface area (Å²) in [5.74, 6) is 1.16. The molecule has 2 fully saturated rings. The first-order chi connectivity index (χ1) is 15.7. The molecule has 3 aromatic rings. The first kappa shape index (κ1) is 20.6. The van der Waals surface area contributed by atoms with Gasteiger partial charge in [0, 0.05) is 57.6 Å². The number of likely N-dealkylation sites (tertiary alicyclic amines) is 1. The van der Waals surface area contributed by atoms with Crippen LogP contribution >= 0.6 is 0 Å². The number of carbonyl (C=O) groups excluding carboxylic acids is 1. The van der Waals surface area contributed by atoms with Gasteiger partial charge in [-0.3, -0.25) is 9.69 Å². The number of piperazine rings is 1. The molecule has 0 aliphatic carbocycles. The van der Waals surface area contributed by atoms with Crippen LogP contribution in [-0.4, -0.2) is 69.9 Å². The van der Waals surface area contributed by atoms with Gasteiger partial charge >= 0.3 is 0 Å². The molecule has 2 aromatic heterocycles. The van der Waals surface area contributed by atoms with Crippen LogP contribution in [0.5, 0.6) is 0 Å². The fourth-order valence-electron chi connectivity index (χ4n) is 4.35. The molecular weight excluding hydrogens is 411 g/mol. The first-order valence-electron chi connectivity index (χ1n) is 10.9. The number of halogens is 1. The van der Waals surface area contributed by atoms with Crippen molar-refractivity contribution in [3.63, 3.8) is 0 Å². The van der Waals surface area contributed by atoms with Gasteiger partial charge in [0.25, 0.3) is 5.91 Å². The lowest BCUT2D eigenvalue weighted by molar-refractivity contribution is 0.0785. The Kier molecular flexibility index (Phi) is 5.81. The number of anilines is 1. The van der Waals surface area contributed by atoms with E-state index in [1.165, 1.54) is 18.4 Å². The van der Waals surface area contributed by atoms with Crippen molar-refractivity contribution in [1.29, 1.82) is 0 Å². The highest BCUT2D eigenvalue weighted by Crippen LogP contribution is 2.28. The lowest BCUT2D eigenvalue weighted by Crippen LogP contribution is -2.46. The molecule has 1 unspecified atom stereocenters. The van der Waals surface area contributed by atoms with E-state index in [-0.39, 0.29) is 17.6 Å². The SMILES string of the molecule is O=C(c1coc(CN2CCN(c3ncccn3)CC2)n1)N1CCC(c2ccc(F)cc2)C1. The summed E-state index contributed by atoms with van der Waals surface area (Å²) in [4.78, 5) is 32.2. The molecule has 5 rings (SSSR count). The predicted octanol–water partition coefficient (Wildman–Crippen LogP) is 2.56. The number of amides is 1. The van der Waals surface area contributed by atoms with Crippen LogP contribution in [0.15, 0.2) is 53.4 Å². The van der Waals surface area contributed by atoms with Gasteiger partial charge < -0.3 is 14.2 Å². The van der Waals surface area contributed by atoms with Crippen LogP contribution in [0.2, 0.25) is 0 Å². The molecular formula is C23H25FN6O2. The van der Waals surface area contributed by atoms with Gasteiger partial charge in [-0.25, -0.2) is 19.3 Å². The number of aromatic nitrogens is 3. The minimum atomic E-state index is -0.246. The molecule has 9 heteroatoms. The Balaban J connectivity index is 1.14. The Hall–Kier alpha value is -3.33. The fourth-order valence-corrected chi connectivity index (χ4v) is 4.35. The van der Waals surface area contributed by atoms with Crippen molar-refractivity contribution < 1.29 is 13.6 Å². The summed E-state index contributed by atoms with van der Waals surface area (Å²) in [6, 6.07) is 8.34. The third kappa shape index (κ3) is 4.47. The normalized spacial score (nSPS) is 19.5. The standard InChI is InChI=1S/C23H25FN6O2/c24-19-4-2-17(3-5-19)18-6-9-30(14-18)22(31)20-16-32-21(27-20)15-28-10-12-29(13-11-28)23-25-7-1-8-26-23/h1-5,7-8,16,18H,6,9-15H2. The predicted molar refractivity (Wildman–Crippen MR) is 116 cm³/mol. The molecule has 2 saturated heterocycles. The zero-order valence-electron chi connectivity index (χ0n) is 17.7. The van der Waals surface area contributed by atoms with Gasteiger partial charge in [0.2, 0.25) is 11.8 Å². The lowest BCUT2D eigenvalue weighted by Gasteiger charge is -2.33. The quantitative estimate of drug-likeness (QED) is 0.608. The second-order valence-electron chi connectivity index (χ2n) is 8.23. The van der Waals surface area contributed by atoms with E-state index in [9.17, 15) is 9.18 Å². The number of hydrogen-bond donors (Lipinski definition) is 0. The summed E-state index contributed by atoms with van der Waals surface area (Å²) in [6.07, 6.45) is 5.82. The number of benzene rings is 1. The second kappa shape index (κ2) is 9.04. The molecule has 8 nitrogen and oxygen atoms in total. The molecule has 4 heterocycles. The number of nitrogens with zero attached hydrogens (tertiary/aromatic N) is 6. The Bertz CT molecular complexity index is 1050. The molecule has 0 bridgehead atoms. The minimum Gasteiger partial charge on any atom is -0.447 e. The highest BCUT2D eigenvalue weighted by molar-refractivity contribution is 5.92. The Morgan fingerprint density at radius 1 is 1.06 bits per heavy atom. The average Bonchev–Trinajstić information content (AvgIpc) is 3.51. The Labute approximate surface area is 185 Å². The van der Waals surface area contributed by atoms with E-state index < -0.39 is 0 Å². The van der Waals surface area contributed by atoms with E-state index >= 15 is 0 Å². The zero-order chi connectivity index (χ0) is 21.9. The maximum absolute atomic E-state index is 13.2. The van der Waals surface area contributed by atoms with Gasteiger partial charge in [-0.15, -0.1) is 0 Å². The summed E-state index contributed by atoms with van der Waals surface area (Å²) < 4.78 is 18.8. The van der Waals surface area contributed by atoms with Crippen LogP contribution in [0.25, 0.3) is 0 Å². The van der Waals surface area contributed by atoms with Crippen molar-refractivity contribution in [3.8, 4) is 0 Å². The van der Waals surface area contributed by atoms with Crippen LogP contribution in [-0.2, 0) is 6.54 Å². The summed E-state index contributed by atoms with van der Waals surface area (Å²) in [6.45, 7) is 5.17. The van der Waals surface area contributed by atoms with Gasteiger partial charge in [-0.1, -0.05) is 12.1 Å². The molecule has 2 aliphatic heterocycles. The van der Waals surface area contributed by atoms with Crippen molar-refractivity contribution in [2.75, 3.05) is 44.2 Å².